The van der Waals surface area contributed by atoms with Crippen molar-refractivity contribution in [1.82, 2.24) is 9.80 Å². The van der Waals surface area contributed by atoms with Crippen LogP contribution in [0.5, 0.6) is 0 Å². The van der Waals surface area contributed by atoms with Gasteiger partial charge in [0.2, 0.25) is 0 Å². The van der Waals surface area contributed by atoms with Crippen LogP contribution in [0.3, 0.4) is 0 Å². The van der Waals surface area contributed by atoms with Gasteiger partial charge in [-0.2, -0.15) is 0 Å². The normalized spacial score (nSPS) is 20.4. The lowest BCUT2D eigenvalue weighted by Gasteiger charge is -2.35. The van der Waals surface area contributed by atoms with Gasteiger partial charge in [0.1, 0.15) is 6.04 Å². The minimum absolute atomic E-state index is 0.200. The van der Waals surface area contributed by atoms with E-state index in [0.717, 1.165) is 19.3 Å². The first-order valence-electron chi connectivity index (χ1n) is 7.27. The molecule has 6 nitrogen and oxygen atoms in total. The van der Waals surface area contributed by atoms with E-state index in [1.807, 2.05) is 6.92 Å². The number of nitrogens with zero attached hydrogens (tertiary/aromatic N) is 2. The van der Waals surface area contributed by atoms with Gasteiger partial charge in [-0.1, -0.05) is 12.8 Å². The molecule has 6 heteroatoms. The SMILES string of the molecule is CCN(CC(C)(C)O)C(=O)N1CCCCCC1C(=O)O. The Bertz CT molecular complexity index is 352. The van der Waals surface area contributed by atoms with E-state index in [1.54, 1.807) is 13.8 Å². The van der Waals surface area contributed by atoms with Crippen LogP contribution in [-0.4, -0.2) is 63.3 Å². The maximum Gasteiger partial charge on any atom is 0.326 e. The van der Waals surface area contributed by atoms with Crippen molar-refractivity contribution < 1.29 is 19.8 Å². The Labute approximate surface area is 120 Å². The second kappa shape index (κ2) is 6.92. The molecule has 0 radical (unpaired) electrons. The highest BCUT2D eigenvalue weighted by atomic mass is 16.4. The Morgan fingerprint density at radius 2 is 1.95 bits per heavy atom. The van der Waals surface area contributed by atoms with Gasteiger partial charge in [0, 0.05) is 13.1 Å². The van der Waals surface area contributed by atoms with Crippen molar-refractivity contribution in [3.8, 4) is 0 Å². The van der Waals surface area contributed by atoms with E-state index in [4.69, 9.17) is 0 Å². The Hall–Kier alpha value is -1.30. The molecule has 1 aliphatic rings. The Morgan fingerprint density at radius 1 is 1.30 bits per heavy atom. The maximum absolute atomic E-state index is 12.6. The summed E-state index contributed by atoms with van der Waals surface area (Å²) in [4.78, 5) is 26.9. The van der Waals surface area contributed by atoms with Crippen molar-refractivity contribution in [2.75, 3.05) is 19.6 Å². The zero-order valence-electron chi connectivity index (χ0n) is 12.6. The van der Waals surface area contributed by atoms with Gasteiger partial charge in [-0.25, -0.2) is 9.59 Å². The highest BCUT2D eigenvalue weighted by Crippen LogP contribution is 2.19. The number of aliphatic hydroxyl groups is 1. The van der Waals surface area contributed by atoms with Crippen LogP contribution in [0.2, 0.25) is 0 Å². The van der Waals surface area contributed by atoms with Gasteiger partial charge in [-0.3, -0.25) is 0 Å². The molecule has 0 aromatic carbocycles. The second-order valence-electron chi connectivity index (χ2n) is 6.01. The molecule has 0 aromatic heterocycles. The molecule has 0 aliphatic carbocycles. The molecular formula is C14H26N2O4. The molecule has 1 fully saturated rings. The summed E-state index contributed by atoms with van der Waals surface area (Å²) in [5, 5.41) is 19.2. The summed E-state index contributed by atoms with van der Waals surface area (Å²) in [5.41, 5.74) is -0.990. The number of likely N-dealkylation sites (tertiary alicyclic amines) is 1. The summed E-state index contributed by atoms with van der Waals surface area (Å²) in [6, 6.07) is -1.04. The van der Waals surface area contributed by atoms with E-state index in [0.29, 0.717) is 19.5 Å². The molecule has 2 N–H and O–H groups in total. The number of rotatable bonds is 4. The van der Waals surface area contributed by atoms with Gasteiger partial charge in [0.05, 0.1) is 12.1 Å². The Morgan fingerprint density at radius 3 is 2.45 bits per heavy atom. The summed E-state index contributed by atoms with van der Waals surface area (Å²) < 4.78 is 0. The number of urea groups is 1. The molecule has 116 valence electrons. The largest absolute Gasteiger partial charge is 0.480 e. The lowest BCUT2D eigenvalue weighted by atomic mass is 10.1. The quantitative estimate of drug-likeness (QED) is 0.821. The molecule has 1 saturated heterocycles. The van der Waals surface area contributed by atoms with Crippen LogP contribution in [0.4, 0.5) is 4.79 Å². The van der Waals surface area contributed by atoms with Crippen molar-refractivity contribution in [1.29, 1.82) is 0 Å². The van der Waals surface area contributed by atoms with Crippen molar-refractivity contribution in [2.45, 2.75) is 58.1 Å². The first kappa shape index (κ1) is 16.8. The van der Waals surface area contributed by atoms with E-state index in [9.17, 15) is 19.8 Å². The lowest BCUT2D eigenvalue weighted by Crippen LogP contribution is -2.53. The highest BCUT2D eigenvalue weighted by Gasteiger charge is 2.34. The van der Waals surface area contributed by atoms with E-state index < -0.39 is 17.6 Å². The minimum atomic E-state index is -0.990. The van der Waals surface area contributed by atoms with Crippen LogP contribution >= 0.6 is 0 Å². The standard InChI is InChI=1S/C14H26N2O4/c1-4-15(10-14(2,3)20)13(19)16-9-7-5-6-8-11(16)12(17)18/h11,20H,4-10H2,1-3H3,(H,17,18). The molecule has 20 heavy (non-hydrogen) atoms. The van der Waals surface area contributed by atoms with Gasteiger partial charge < -0.3 is 20.0 Å². The first-order valence-corrected chi connectivity index (χ1v) is 7.27. The molecule has 1 unspecified atom stereocenters. The van der Waals surface area contributed by atoms with Gasteiger partial charge in [-0.05, 0) is 33.6 Å². The monoisotopic (exact) mass is 286 g/mol. The molecule has 2 amide bonds. The van der Waals surface area contributed by atoms with Gasteiger partial charge in [0.15, 0.2) is 0 Å². The highest BCUT2D eigenvalue weighted by molar-refractivity contribution is 5.82. The van der Waals surface area contributed by atoms with Crippen LogP contribution in [0.25, 0.3) is 0 Å². The number of likely N-dealkylation sites (N-methyl/N-ethyl adjacent to an activating group) is 1. The van der Waals surface area contributed by atoms with Crippen molar-refractivity contribution in [2.24, 2.45) is 0 Å². The number of amides is 2. The molecule has 1 rings (SSSR count). The lowest BCUT2D eigenvalue weighted by molar-refractivity contribution is -0.142. The topological polar surface area (TPSA) is 81.1 Å². The Balaban J connectivity index is 2.86. The van der Waals surface area contributed by atoms with Crippen molar-refractivity contribution in [3.63, 3.8) is 0 Å². The van der Waals surface area contributed by atoms with E-state index in [1.165, 1.54) is 9.80 Å². The van der Waals surface area contributed by atoms with Gasteiger partial charge in [0.25, 0.3) is 0 Å². The van der Waals surface area contributed by atoms with Crippen molar-refractivity contribution >= 4 is 12.0 Å². The average molecular weight is 286 g/mol. The predicted molar refractivity (Wildman–Crippen MR) is 75.5 cm³/mol. The molecule has 1 atom stereocenters. The third-order valence-electron chi connectivity index (χ3n) is 3.51. The van der Waals surface area contributed by atoms with Crippen LogP contribution in [0, 0.1) is 0 Å². The van der Waals surface area contributed by atoms with E-state index >= 15 is 0 Å². The third kappa shape index (κ3) is 4.67. The van der Waals surface area contributed by atoms with Gasteiger partial charge >= 0.3 is 12.0 Å². The fourth-order valence-corrected chi connectivity index (χ4v) is 2.56. The summed E-state index contributed by atoms with van der Waals surface area (Å²) in [5.74, 6) is -0.945. The van der Waals surface area contributed by atoms with E-state index in [-0.39, 0.29) is 12.6 Å². The van der Waals surface area contributed by atoms with Gasteiger partial charge in [-0.15, -0.1) is 0 Å². The smallest absolute Gasteiger partial charge is 0.326 e. The molecule has 0 spiro atoms. The second-order valence-corrected chi connectivity index (χ2v) is 6.01. The first-order chi connectivity index (χ1) is 9.26. The maximum atomic E-state index is 12.6. The molecular weight excluding hydrogens is 260 g/mol. The number of hydrogen-bond donors (Lipinski definition) is 2. The average Bonchev–Trinajstić information content (AvgIpc) is 2.59. The predicted octanol–water partition coefficient (Wildman–Crippen LogP) is 1.53. The third-order valence-corrected chi connectivity index (χ3v) is 3.51. The number of carbonyl (C=O) groups is 2. The van der Waals surface area contributed by atoms with Crippen molar-refractivity contribution in [3.05, 3.63) is 0 Å². The summed E-state index contributed by atoms with van der Waals surface area (Å²) >= 11 is 0. The fraction of sp³-hybridized carbons (Fsp3) is 0.857. The minimum Gasteiger partial charge on any atom is -0.480 e. The molecule has 1 aliphatic heterocycles. The number of carboxylic acids is 1. The van der Waals surface area contributed by atoms with Crippen LogP contribution in [0.1, 0.15) is 46.5 Å². The fourth-order valence-electron chi connectivity index (χ4n) is 2.56. The number of aliphatic carboxylic acids is 1. The molecule has 0 aromatic rings. The Kier molecular flexibility index (Phi) is 5.80. The zero-order valence-corrected chi connectivity index (χ0v) is 12.6. The zero-order chi connectivity index (χ0) is 15.3. The number of carbonyl (C=O) groups excluding carboxylic acids is 1. The molecule has 1 heterocycles. The number of hydrogen-bond acceptors (Lipinski definition) is 3. The number of carboxylic acid groups (broad SMARTS) is 1. The summed E-state index contributed by atoms with van der Waals surface area (Å²) in [6.07, 6.45) is 3.11. The van der Waals surface area contributed by atoms with E-state index in [2.05, 4.69) is 0 Å². The van der Waals surface area contributed by atoms with Crippen LogP contribution < -0.4 is 0 Å². The summed E-state index contributed by atoms with van der Waals surface area (Å²) in [7, 11) is 0. The van der Waals surface area contributed by atoms with Crippen LogP contribution in [-0.2, 0) is 4.79 Å². The molecule has 0 bridgehead atoms. The van der Waals surface area contributed by atoms with Crippen LogP contribution in [0.15, 0.2) is 0 Å². The summed E-state index contributed by atoms with van der Waals surface area (Å²) in [6.45, 7) is 6.23. The molecule has 0 saturated carbocycles.